The maximum atomic E-state index is 12.6. The molecule has 0 saturated heterocycles. The minimum atomic E-state index is -3.80. The molecular formula is C15H16N2O4S. The lowest BCUT2D eigenvalue weighted by Gasteiger charge is -2.21. The van der Waals surface area contributed by atoms with Crippen LogP contribution in [0.5, 0.6) is 5.75 Å². The number of methoxy groups -OCH3 is 1. The summed E-state index contributed by atoms with van der Waals surface area (Å²) in [5, 5.41) is 0. The van der Waals surface area contributed by atoms with Crippen LogP contribution in [0.25, 0.3) is 0 Å². The molecule has 2 rings (SSSR count). The summed E-state index contributed by atoms with van der Waals surface area (Å²) in [4.78, 5) is 11.6. The number of carbonyl (C=O) groups excluding carboxylic acids is 1. The van der Waals surface area contributed by atoms with Gasteiger partial charge in [-0.1, -0.05) is 12.1 Å². The number of amides is 1. The van der Waals surface area contributed by atoms with E-state index >= 15 is 0 Å². The number of primary amides is 1. The highest BCUT2D eigenvalue weighted by Gasteiger charge is 2.24. The lowest BCUT2D eigenvalue weighted by Crippen LogP contribution is -2.29. The van der Waals surface area contributed by atoms with Crippen LogP contribution in [0.15, 0.2) is 53.4 Å². The van der Waals surface area contributed by atoms with E-state index < -0.39 is 15.9 Å². The van der Waals surface area contributed by atoms with Crippen molar-refractivity contribution < 1.29 is 17.9 Å². The van der Waals surface area contributed by atoms with Crippen molar-refractivity contribution in [3.05, 3.63) is 54.1 Å². The Bertz CT molecular complexity index is 785. The molecule has 0 aliphatic carbocycles. The normalized spacial score (nSPS) is 11.0. The van der Waals surface area contributed by atoms with E-state index in [2.05, 4.69) is 0 Å². The number of benzene rings is 2. The zero-order valence-corrected chi connectivity index (χ0v) is 13.0. The Labute approximate surface area is 129 Å². The predicted molar refractivity (Wildman–Crippen MR) is 83.5 cm³/mol. The van der Waals surface area contributed by atoms with Crippen LogP contribution < -0.4 is 14.8 Å². The fraction of sp³-hybridized carbons (Fsp3) is 0.133. The Morgan fingerprint density at radius 2 is 1.68 bits per heavy atom. The standard InChI is InChI=1S/C15H16N2O4S/c1-17(14-6-4-3-5-13(14)15(16)18)22(19,20)12-9-7-11(21-2)8-10-12/h3-10H,1-2H3,(H2,16,18). The molecule has 0 saturated carbocycles. The van der Waals surface area contributed by atoms with Crippen LogP contribution in [-0.2, 0) is 10.0 Å². The van der Waals surface area contributed by atoms with Gasteiger partial charge >= 0.3 is 0 Å². The molecule has 0 unspecified atom stereocenters. The van der Waals surface area contributed by atoms with Gasteiger partial charge in [0.05, 0.1) is 23.3 Å². The summed E-state index contributed by atoms with van der Waals surface area (Å²) in [6.45, 7) is 0. The monoisotopic (exact) mass is 320 g/mol. The minimum Gasteiger partial charge on any atom is -0.497 e. The van der Waals surface area contributed by atoms with Gasteiger partial charge in [0, 0.05) is 7.05 Å². The van der Waals surface area contributed by atoms with Gasteiger partial charge in [0.25, 0.3) is 15.9 Å². The molecule has 2 N–H and O–H groups in total. The molecule has 6 nitrogen and oxygen atoms in total. The fourth-order valence-electron chi connectivity index (χ4n) is 1.99. The largest absolute Gasteiger partial charge is 0.497 e. The average Bonchev–Trinajstić information content (AvgIpc) is 2.54. The number of nitrogens with two attached hydrogens (primary N) is 1. The smallest absolute Gasteiger partial charge is 0.264 e. The molecule has 1 amide bonds. The quantitative estimate of drug-likeness (QED) is 0.906. The second-order valence-electron chi connectivity index (χ2n) is 4.53. The van der Waals surface area contributed by atoms with Gasteiger partial charge < -0.3 is 10.5 Å². The predicted octanol–water partition coefficient (Wildman–Crippen LogP) is 1.62. The third kappa shape index (κ3) is 2.89. The molecule has 0 atom stereocenters. The van der Waals surface area contributed by atoms with Crippen LogP contribution in [0, 0.1) is 0 Å². The zero-order chi connectivity index (χ0) is 16.3. The van der Waals surface area contributed by atoms with E-state index in [0.29, 0.717) is 5.75 Å². The summed E-state index contributed by atoms with van der Waals surface area (Å²) in [5.41, 5.74) is 5.66. The van der Waals surface area contributed by atoms with Crippen LogP contribution in [0.3, 0.4) is 0 Å². The SMILES string of the molecule is COc1ccc(S(=O)(=O)N(C)c2ccccc2C(N)=O)cc1. The summed E-state index contributed by atoms with van der Waals surface area (Å²) < 4.78 is 31.3. The van der Waals surface area contributed by atoms with E-state index in [1.807, 2.05) is 0 Å². The Hall–Kier alpha value is -2.54. The van der Waals surface area contributed by atoms with Crippen molar-refractivity contribution in [2.45, 2.75) is 4.90 Å². The second kappa shape index (κ2) is 6.07. The maximum absolute atomic E-state index is 12.6. The van der Waals surface area contributed by atoms with Crippen molar-refractivity contribution in [3.63, 3.8) is 0 Å². The van der Waals surface area contributed by atoms with Crippen LogP contribution in [-0.4, -0.2) is 28.5 Å². The molecule has 0 aliphatic heterocycles. The molecular weight excluding hydrogens is 304 g/mol. The first-order valence-electron chi connectivity index (χ1n) is 6.39. The summed E-state index contributed by atoms with van der Waals surface area (Å²) in [5.74, 6) is -0.133. The average molecular weight is 320 g/mol. The number of sulfonamides is 1. The topological polar surface area (TPSA) is 89.7 Å². The molecule has 0 heterocycles. The van der Waals surface area contributed by atoms with Crippen molar-refractivity contribution in [3.8, 4) is 5.75 Å². The number of ether oxygens (including phenoxy) is 1. The lowest BCUT2D eigenvalue weighted by molar-refractivity contribution is 0.100. The van der Waals surface area contributed by atoms with E-state index in [-0.39, 0.29) is 16.1 Å². The Morgan fingerprint density at radius 1 is 1.09 bits per heavy atom. The molecule has 22 heavy (non-hydrogen) atoms. The van der Waals surface area contributed by atoms with E-state index in [4.69, 9.17) is 10.5 Å². The Kier molecular flexibility index (Phi) is 4.37. The molecule has 0 aliphatic rings. The number of hydrogen-bond acceptors (Lipinski definition) is 4. The molecule has 0 fully saturated rings. The fourth-order valence-corrected chi connectivity index (χ4v) is 3.21. The zero-order valence-electron chi connectivity index (χ0n) is 12.2. The summed E-state index contributed by atoms with van der Waals surface area (Å²) >= 11 is 0. The van der Waals surface area contributed by atoms with Crippen LogP contribution in [0.4, 0.5) is 5.69 Å². The number of anilines is 1. The maximum Gasteiger partial charge on any atom is 0.264 e. The molecule has 2 aromatic carbocycles. The number of carbonyl (C=O) groups is 1. The van der Waals surface area contributed by atoms with Crippen molar-refractivity contribution in [2.24, 2.45) is 5.73 Å². The summed E-state index contributed by atoms with van der Waals surface area (Å²) in [7, 11) is -0.928. The first-order chi connectivity index (χ1) is 10.4. The van der Waals surface area contributed by atoms with Crippen LogP contribution in [0.1, 0.15) is 10.4 Å². The molecule has 7 heteroatoms. The van der Waals surface area contributed by atoms with Gasteiger partial charge in [0.15, 0.2) is 0 Å². The van der Waals surface area contributed by atoms with E-state index in [1.54, 1.807) is 24.3 Å². The second-order valence-corrected chi connectivity index (χ2v) is 6.50. The molecule has 0 aromatic heterocycles. The summed E-state index contributed by atoms with van der Waals surface area (Å²) in [6, 6.07) is 12.3. The molecule has 0 bridgehead atoms. The molecule has 2 aromatic rings. The van der Waals surface area contributed by atoms with Crippen molar-refractivity contribution in [1.82, 2.24) is 0 Å². The van der Waals surface area contributed by atoms with Gasteiger partial charge in [0.2, 0.25) is 0 Å². The highest BCUT2D eigenvalue weighted by Crippen LogP contribution is 2.26. The molecule has 116 valence electrons. The molecule has 0 radical (unpaired) electrons. The Balaban J connectivity index is 2.47. The first-order valence-corrected chi connectivity index (χ1v) is 7.83. The number of nitrogens with zero attached hydrogens (tertiary/aromatic N) is 1. The first kappa shape index (κ1) is 15.8. The molecule has 0 spiro atoms. The van der Waals surface area contributed by atoms with Gasteiger partial charge in [-0.3, -0.25) is 9.10 Å². The third-order valence-electron chi connectivity index (χ3n) is 3.23. The van der Waals surface area contributed by atoms with Gasteiger partial charge in [-0.15, -0.1) is 0 Å². The summed E-state index contributed by atoms with van der Waals surface area (Å²) in [6.07, 6.45) is 0. The van der Waals surface area contributed by atoms with Crippen LogP contribution in [0.2, 0.25) is 0 Å². The van der Waals surface area contributed by atoms with Gasteiger partial charge in [-0.05, 0) is 36.4 Å². The van der Waals surface area contributed by atoms with E-state index in [0.717, 1.165) is 4.31 Å². The van der Waals surface area contributed by atoms with Crippen molar-refractivity contribution in [2.75, 3.05) is 18.5 Å². The minimum absolute atomic E-state index is 0.0927. The van der Waals surface area contributed by atoms with Gasteiger partial charge in [-0.2, -0.15) is 0 Å². The van der Waals surface area contributed by atoms with Gasteiger partial charge in [0.1, 0.15) is 5.75 Å². The van der Waals surface area contributed by atoms with E-state index in [1.165, 1.54) is 38.4 Å². The van der Waals surface area contributed by atoms with E-state index in [9.17, 15) is 13.2 Å². The number of rotatable bonds is 5. The highest BCUT2D eigenvalue weighted by molar-refractivity contribution is 7.92. The van der Waals surface area contributed by atoms with Crippen LogP contribution >= 0.6 is 0 Å². The Morgan fingerprint density at radius 3 is 2.23 bits per heavy atom. The van der Waals surface area contributed by atoms with Crippen molar-refractivity contribution in [1.29, 1.82) is 0 Å². The third-order valence-corrected chi connectivity index (χ3v) is 5.01. The lowest BCUT2D eigenvalue weighted by atomic mass is 10.2. The highest BCUT2D eigenvalue weighted by atomic mass is 32.2. The number of para-hydroxylation sites is 1. The van der Waals surface area contributed by atoms with Gasteiger partial charge in [-0.25, -0.2) is 8.42 Å². The number of hydrogen-bond donors (Lipinski definition) is 1. The van der Waals surface area contributed by atoms with Crippen molar-refractivity contribution >= 4 is 21.6 Å².